The lowest BCUT2D eigenvalue weighted by molar-refractivity contribution is -0.137. The van der Waals surface area contributed by atoms with Crippen molar-refractivity contribution in [3.8, 4) is 5.69 Å². The number of nitrogens with one attached hydrogen (secondary N) is 1. The highest BCUT2D eigenvalue weighted by Crippen LogP contribution is 2.31. The summed E-state index contributed by atoms with van der Waals surface area (Å²) in [6, 6.07) is 6.30. The van der Waals surface area contributed by atoms with Crippen LogP contribution in [-0.4, -0.2) is 50.1 Å². The number of imidazole rings is 1. The zero-order valence-electron chi connectivity index (χ0n) is 19.3. The number of hydrogen-bond donors (Lipinski definition) is 1. The number of alkyl halides is 3. The first-order valence-electron chi connectivity index (χ1n) is 10.9. The summed E-state index contributed by atoms with van der Waals surface area (Å²) in [6.45, 7) is 6.59. The maximum Gasteiger partial charge on any atom is 0.416 e. The molecule has 1 saturated heterocycles. The first-order chi connectivity index (χ1) is 16.0. The predicted octanol–water partition coefficient (Wildman–Crippen LogP) is 4.75. The van der Waals surface area contributed by atoms with Gasteiger partial charge in [-0.05, 0) is 37.1 Å². The minimum atomic E-state index is -4.42. The molecule has 34 heavy (non-hydrogen) atoms. The third-order valence-corrected chi connectivity index (χ3v) is 5.85. The van der Waals surface area contributed by atoms with Crippen LogP contribution >= 0.6 is 0 Å². The van der Waals surface area contributed by atoms with Gasteiger partial charge in [0, 0.05) is 31.7 Å². The van der Waals surface area contributed by atoms with E-state index in [1.54, 1.807) is 41.4 Å². The molecule has 0 saturated carbocycles. The number of urea groups is 1. The normalized spacial score (nSPS) is 17.5. The minimum absolute atomic E-state index is 0.000772. The third-order valence-electron chi connectivity index (χ3n) is 5.85. The zero-order valence-corrected chi connectivity index (χ0v) is 19.3. The van der Waals surface area contributed by atoms with E-state index in [1.165, 1.54) is 17.0 Å². The van der Waals surface area contributed by atoms with Gasteiger partial charge in [0.2, 0.25) is 5.95 Å². The Kier molecular flexibility index (Phi) is 6.20. The van der Waals surface area contributed by atoms with Crippen LogP contribution in [0, 0.1) is 5.92 Å². The number of hydrogen-bond acceptors (Lipinski definition) is 5. The van der Waals surface area contributed by atoms with Crippen molar-refractivity contribution in [3.05, 3.63) is 60.3 Å². The molecule has 0 radical (unpaired) electrons. The number of amides is 2. The smallest absolute Gasteiger partial charge is 0.346 e. The number of anilines is 2. The Labute approximate surface area is 195 Å². The number of nitrogens with zero attached hydrogens (tertiary/aromatic N) is 6. The Balaban J connectivity index is 1.52. The second-order valence-corrected chi connectivity index (χ2v) is 8.70. The van der Waals surface area contributed by atoms with Gasteiger partial charge in [-0.3, -0.25) is 4.90 Å². The molecular formula is C23H26F3N7O. The first-order valence-corrected chi connectivity index (χ1v) is 10.9. The SMILES string of the molecule is CC(C)[C@H]1CN(C)C(=O)N1c1ccnc(N[C@@H](C)c2cn(-c3cccc(C(F)(F)F)c3)cn2)n1. The van der Waals surface area contributed by atoms with E-state index in [0.29, 0.717) is 29.7 Å². The summed E-state index contributed by atoms with van der Waals surface area (Å²) < 4.78 is 40.7. The van der Waals surface area contributed by atoms with E-state index in [-0.39, 0.29) is 24.0 Å². The van der Waals surface area contributed by atoms with Crippen LogP contribution < -0.4 is 10.2 Å². The Hall–Kier alpha value is -3.63. The molecule has 2 atom stereocenters. The van der Waals surface area contributed by atoms with Gasteiger partial charge in [-0.1, -0.05) is 19.9 Å². The fraction of sp³-hybridized carbons (Fsp3) is 0.391. The number of halogens is 3. The first kappa shape index (κ1) is 23.5. The van der Waals surface area contributed by atoms with Crippen LogP contribution in [0.3, 0.4) is 0 Å². The largest absolute Gasteiger partial charge is 0.416 e. The fourth-order valence-electron chi connectivity index (χ4n) is 3.91. The Morgan fingerprint density at radius 2 is 1.91 bits per heavy atom. The molecule has 1 aromatic carbocycles. The zero-order chi connectivity index (χ0) is 24.6. The van der Waals surface area contributed by atoms with Crippen molar-refractivity contribution >= 4 is 17.8 Å². The molecule has 11 heteroatoms. The van der Waals surface area contributed by atoms with Gasteiger partial charge < -0.3 is 14.8 Å². The van der Waals surface area contributed by atoms with Crippen molar-refractivity contribution in [2.24, 2.45) is 5.92 Å². The Bertz CT molecular complexity index is 1180. The molecule has 4 rings (SSSR count). The number of likely N-dealkylation sites (N-methyl/N-ethyl adjacent to an activating group) is 1. The summed E-state index contributed by atoms with van der Waals surface area (Å²) in [5.41, 5.74) is 0.234. The lowest BCUT2D eigenvalue weighted by Gasteiger charge is -2.25. The lowest BCUT2D eigenvalue weighted by atomic mass is 10.0. The van der Waals surface area contributed by atoms with Crippen LogP contribution in [0.15, 0.2) is 49.1 Å². The van der Waals surface area contributed by atoms with Crippen molar-refractivity contribution in [1.29, 1.82) is 0 Å². The topological polar surface area (TPSA) is 79.2 Å². The average molecular weight is 474 g/mol. The molecule has 1 N–H and O–H groups in total. The highest BCUT2D eigenvalue weighted by molar-refractivity contribution is 5.94. The summed E-state index contributed by atoms with van der Waals surface area (Å²) in [5, 5.41) is 3.16. The predicted molar refractivity (Wildman–Crippen MR) is 122 cm³/mol. The van der Waals surface area contributed by atoms with Gasteiger partial charge in [-0.25, -0.2) is 14.8 Å². The second-order valence-electron chi connectivity index (χ2n) is 8.70. The molecule has 2 aromatic heterocycles. The van der Waals surface area contributed by atoms with Gasteiger partial charge in [0.1, 0.15) is 5.82 Å². The summed E-state index contributed by atoms with van der Waals surface area (Å²) in [4.78, 5) is 29.2. The van der Waals surface area contributed by atoms with E-state index in [9.17, 15) is 18.0 Å². The van der Waals surface area contributed by atoms with Crippen LogP contribution in [-0.2, 0) is 6.18 Å². The quantitative estimate of drug-likeness (QED) is 0.559. The molecule has 2 amide bonds. The number of aromatic nitrogens is 4. The maximum absolute atomic E-state index is 13.0. The Morgan fingerprint density at radius 1 is 1.15 bits per heavy atom. The number of carbonyl (C=O) groups excluding carboxylic acids is 1. The van der Waals surface area contributed by atoms with E-state index < -0.39 is 11.7 Å². The van der Waals surface area contributed by atoms with Gasteiger partial charge in [0.15, 0.2) is 0 Å². The summed E-state index contributed by atoms with van der Waals surface area (Å²) >= 11 is 0. The van der Waals surface area contributed by atoms with Gasteiger partial charge in [-0.2, -0.15) is 18.2 Å². The lowest BCUT2D eigenvalue weighted by Crippen LogP contribution is -2.38. The molecule has 8 nitrogen and oxygen atoms in total. The molecule has 1 aliphatic heterocycles. The molecule has 3 aromatic rings. The standard InChI is InChI=1S/C23H26F3N7O/c1-14(2)19-12-31(4)22(34)33(19)20-8-9-27-21(30-20)29-15(3)18-11-32(13-28-18)17-7-5-6-16(10-17)23(24,25)26/h5-11,13-15,19H,12H2,1-4H3,(H,27,29,30)/t15-,19+/m0/s1. The van der Waals surface area contributed by atoms with E-state index in [4.69, 9.17) is 0 Å². The molecule has 0 unspecified atom stereocenters. The van der Waals surface area contributed by atoms with Crippen LogP contribution in [0.5, 0.6) is 0 Å². The van der Waals surface area contributed by atoms with Gasteiger partial charge >= 0.3 is 12.2 Å². The monoisotopic (exact) mass is 473 g/mol. The average Bonchev–Trinajstić information content (AvgIpc) is 3.39. The van der Waals surface area contributed by atoms with E-state index in [1.807, 2.05) is 6.92 Å². The van der Waals surface area contributed by atoms with Crippen LogP contribution in [0.1, 0.15) is 38.1 Å². The Morgan fingerprint density at radius 3 is 2.62 bits per heavy atom. The molecule has 0 aliphatic carbocycles. The van der Waals surface area contributed by atoms with Crippen molar-refractivity contribution in [1.82, 2.24) is 24.4 Å². The van der Waals surface area contributed by atoms with Crippen LogP contribution in [0.4, 0.5) is 29.7 Å². The molecular weight excluding hydrogens is 447 g/mol. The summed E-state index contributed by atoms with van der Waals surface area (Å²) in [6.07, 6.45) is 0.287. The molecule has 180 valence electrons. The highest BCUT2D eigenvalue weighted by Gasteiger charge is 2.38. The molecule has 1 fully saturated rings. The highest BCUT2D eigenvalue weighted by atomic mass is 19.4. The summed E-state index contributed by atoms with van der Waals surface area (Å²) in [5.74, 6) is 1.08. The molecule has 0 spiro atoms. The van der Waals surface area contributed by atoms with E-state index in [0.717, 1.165) is 12.1 Å². The van der Waals surface area contributed by atoms with E-state index >= 15 is 0 Å². The summed E-state index contributed by atoms with van der Waals surface area (Å²) in [7, 11) is 1.76. The second kappa shape index (κ2) is 8.96. The fourth-order valence-corrected chi connectivity index (χ4v) is 3.91. The van der Waals surface area contributed by atoms with Crippen molar-refractivity contribution in [2.75, 3.05) is 23.8 Å². The number of carbonyl (C=O) groups is 1. The molecule has 0 bridgehead atoms. The van der Waals surface area contributed by atoms with Crippen molar-refractivity contribution in [3.63, 3.8) is 0 Å². The van der Waals surface area contributed by atoms with Crippen LogP contribution in [0.2, 0.25) is 0 Å². The van der Waals surface area contributed by atoms with Crippen molar-refractivity contribution < 1.29 is 18.0 Å². The van der Waals surface area contributed by atoms with Crippen LogP contribution in [0.25, 0.3) is 5.69 Å². The van der Waals surface area contributed by atoms with Gasteiger partial charge in [-0.15, -0.1) is 0 Å². The third kappa shape index (κ3) is 4.68. The number of rotatable bonds is 6. The van der Waals surface area contributed by atoms with Gasteiger partial charge in [0.25, 0.3) is 0 Å². The molecule has 1 aliphatic rings. The van der Waals surface area contributed by atoms with E-state index in [2.05, 4.69) is 34.1 Å². The van der Waals surface area contributed by atoms with Crippen molar-refractivity contribution in [2.45, 2.75) is 39.0 Å². The number of benzene rings is 1. The molecule has 3 heterocycles. The minimum Gasteiger partial charge on any atom is -0.346 e. The van der Waals surface area contributed by atoms with Gasteiger partial charge in [0.05, 0.1) is 29.7 Å². The maximum atomic E-state index is 13.0.